The number of aliphatic carboxylic acids is 1. The Morgan fingerprint density at radius 2 is 1.50 bits per heavy atom. The highest BCUT2D eigenvalue weighted by atomic mass is 32.1. The Labute approximate surface area is 203 Å². The van der Waals surface area contributed by atoms with Gasteiger partial charge in [0.2, 0.25) is 17.7 Å². The predicted octanol–water partition coefficient (Wildman–Crippen LogP) is -0.842. The number of carbonyl (C=O) groups is 4. The van der Waals surface area contributed by atoms with Gasteiger partial charge >= 0.3 is 5.97 Å². The summed E-state index contributed by atoms with van der Waals surface area (Å²) in [6.45, 7) is 5.05. The highest BCUT2D eigenvalue weighted by molar-refractivity contribution is 7.80. The smallest absolute Gasteiger partial charge is 0.326 e. The lowest BCUT2D eigenvalue weighted by atomic mass is 10.0. The number of aliphatic hydroxyl groups is 1. The van der Waals surface area contributed by atoms with Crippen LogP contribution in [0.5, 0.6) is 5.75 Å². The summed E-state index contributed by atoms with van der Waals surface area (Å²) in [7, 11) is 0. The topological polar surface area (TPSA) is 191 Å². The molecule has 3 amide bonds. The van der Waals surface area contributed by atoms with Gasteiger partial charge < -0.3 is 37.0 Å². The van der Waals surface area contributed by atoms with E-state index in [0.29, 0.717) is 12.0 Å². The molecule has 0 aliphatic heterocycles. The first-order valence-electron chi connectivity index (χ1n) is 10.8. The number of hydrogen-bond donors (Lipinski definition) is 8. The molecule has 0 aliphatic rings. The van der Waals surface area contributed by atoms with Crippen LogP contribution in [0.25, 0.3) is 0 Å². The van der Waals surface area contributed by atoms with Crippen molar-refractivity contribution in [3.8, 4) is 5.75 Å². The monoisotopic (exact) mass is 498 g/mol. The second-order valence-electron chi connectivity index (χ2n) is 8.48. The maximum Gasteiger partial charge on any atom is 0.326 e. The van der Waals surface area contributed by atoms with E-state index in [2.05, 4.69) is 28.6 Å². The third kappa shape index (κ3) is 9.57. The fourth-order valence-electron chi connectivity index (χ4n) is 3.08. The fraction of sp³-hybridized carbons (Fsp3) is 0.545. The second-order valence-corrected chi connectivity index (χ2v) is 8.84. The zero-order valence-corrected chi connectivity index (χ0v) is 20.3. The van der Waals surface area contributed by atoms with Crippen LogP contribution >= 0.6 is 12.6 Å². The molecule has 0 aliphatic carbocycles. The molecule has 0 bridgehead atoms. The molecule has 5 atom stereocenters. The Balaban J connectivity index is 2.86. The van der Waals surface area contributed by atoms with E-state index < -0.39 is 54.0 Å². The summed E-state index contributed by atoms with van der Waals surface area (Å²) in [5.41, 5.74) is 6.37. The number of nitrogens with one attached hydrogen (secondary N) is 3. The van der Waals surface area contributed by atoms with Crippen LogP contribution in [0.4, 0.5) is 0 Å². The number of aliphatic hydroxyl groups excluding tert-OH is 1. The molecular formula is C22H34N4O7S. The van der Waals surface area contributed by atoms with Gasteiger partial charge in [-0.05, 0) is 37.0 Å². The van der Waals surface area contributed by atoms with Gasteiger partial charge in [-0.25, -0.2) is 4.79 Å². The lowest BCUT2D eigenvalue weighted by Gasteiger charge is -2.26. The van der Waals surface area contributed by atoms with Crippen molar-refractivity contribution in [2.24, 2.45) is 11.7 Å². The molecule has 8 N–H and O–H groups in total. The number of benzene rings is 1. The Bertz CT molecular complexity index is 848. The van der Waals surface area contributed by atoms with E-state index in [1.165, 1.54) is 31.2 Å². The van der Waals surface area contributed by atoms with Crippen molar-refractivity contribution < 1.29 is 34.5 Å². The number of thiol groups is 1. The Kier molecular flexibility index (Phi) is 11.8. The molecule has 0 radical (unpaired) electrons. The van der Waals surface area contributed by atoms with Crippen LogP contribution < -0.4 is 21.7 Å². The fourth-order valence-corrected chi connectivity index (χ4v) is 3.33. The predicted molar refractivity (Wildman–Crippen MR) is 128 cm³/mol. The minimum Gasteiger partial charge on any atom is -0.508 e. The van der Waals surface area contributed by atoms with Gasteiger partial charge in [-0.1, -0.05) is 26.0 Å². The number of nitrogens with two attached hydrogens (primary N) is 1. The first-order chi connectivity index (χ1) is 15.8. The van der Waals surface area contributed by atoms with Gasteiger partial charge in [0.25, 0.3) is 0 Å². The van der Waals surface area contributed by atoms with Crippen molar-refractivity contribution in [3.05, 3.63) is 29.8 Å². The van der Waals surface area contributed by atoms with Gasteiger partial charge in [-0.15, -0.1) is 0 Å². The van der Waals surface area contributed by atoms with Crippen LogP contribution in [-0.4, -0.2) is 75.0 Å². The number of hydrogen-bond acceptors (Lipinski definition) is 8. The molecule has 1 rings (SSSR count). The van der Waals surface area contributed by atoms with E-state index in [1.54, 1.807) is 0 Å². The van der Waals surface area contributed by atoms with Crippen LogP contribution in [0.3, 0.4) is 0 Å². The molecule has 5 unspecified atom stereocenters. The zero-order chi connectivity index (χ0) is 26.0. The van der Waals surface area contributed by atoms with Crippen molar-refractivity contribution in [1.82, 2.24) is 16.0 Å². The molecule has 190 valence electrons. The summed E-state index contributed by atoms with van der Waals surface area (Å²) in [5, 5.41) is 36.0. The number of phenols is 1. The van der Waals surface area contributed by atoms with Crippen molar-refractivity contribution in [3.63, 3.8) is 0 Å². The van der Waals surface area contributed by atoms with Crippen molar-refractivity contribution in [2.75, 3.05) is 5.75 Å². The zero-order valence-electron chi connectivity index (χ0n) is 19.4. The number of aromatic hydroxyl groups is 1. The van der Waals surface area contributed by atoms with E-state index in [9.17, 15) is 34.5 Å². The standard InChI is InChI=1S/C22H34N4O7S/c1-11(2)8-15(23)19(29)25-17(10-34)20(30)26-18(12(3)27)21(31)24-16(22(32)33)9-13-4-6-14(28)7-5-13/h4-7,11-12,15-18,27-28,34H,8-10,23H2,1-3H3,(H,24,31)(H,25,29)(H,26,30)(H,32,33). The number of carbonyl (C=O) groups excluding carboxylic acids is 3. The minimum atomic E-state index is -1.49. The number of phenolic OH excluding ortho intramolecular Hbond substituents is 1. The molecule has 0 saturated carbocycles. The summed E-state index contributed by atoms with van der Waals surface area (Å²) in [6, 6.07) is 0.979. The van der Waals surface area contributed by atoms with Crippen LogP contribution in [0.1, 0.15) is 32.8 Å². The van der Waals surface area contributed by atoms with Crippen molar-refractivity contribution >= 4 is 36.3 Å². The van der Waals surface area contributed by atoms with Gasteiger partial charge in [-0.3, -0.25) is 14.4 Å². The largest absolute Gasteiger partial charge is 0.508 e. The summed E-state index contributed by atoms with van der Waals surface area (Å²) < 4.78 is 0. The number of amides is 3. The highest BCUT2D eigenvalue weighted by Gasteiger charge is 2.32. The van der Waals surface area contributed by atoms with E-state index in [-0.39, 0.29) is 23.8 Å². The molecule has 1 aromatic carbocycles. The quantitative estimate of drug-likeness (QED) is 0.161. The van der Waals surface area contributed by atoms with Crippen LogP contribution in [0.15, 0.2) is 24.3 Å². The minimum absolute atomic E-state index is 0.00698. The SMILES string of the molecule is CC(C)CC(N)C(=O)NC(CS)C(=O)NC(C(=O)NC(Cc1ccc(O)cc1)C(=O)O)C(C)O. The molecule has 0 heterocycles. The molecule has 0 saturated heterocycles. The number of carboxylic acid groups (broad SMARTS) is 1. The molecule has 11 nitrogen and oxygen atoms in total. The van der Waals surface area contributed by atoms with Crippen LogP contribution in [0, 0.1) is 5.92 Å². The maximum absolute atomic E-state index is 12.7. The van der Waals surface area contributed by atoms with Crippen molar-refractivity contribution in [2.45, 2.75) is 63.9 Å². The summed E-state index contributed by atoms with van der Waals surface area (Å²) >= 11 is 4.06. The van der Waals surface area contributed by atoms with Gasteiger partial charge in [0.05, 0.1) is 12.1 Å². The molecule has 34 heavy (non-hydrogen) atoms. The van der Waals surface area contributed by atoms with E-state index in [1.807, 2.05) is 13.8 Å². The molecule has 1 aromatic rings. The normalized spacial score (nSPS) is 15.5. The van der Waals surface area contributed by atoms with Crippen molar-refractivity contribution in [1.29, 1.82) is 0 Å². The summed E-state index contributed by atoms with van der Waals surface area (Å²) in [6.07, 6.45) is -1.06. The Morgan fingerprint density at radius 3 is 1.97 bits per heavy atom. The van der Waals surface area contributed by atoms with Gasteiger partial charge in [0.15, 0.2) is 0 Å². The average Bonchev–Trinajstić information content (AvgIpc) is 2.75. The summed E-state index contributed by atoms with van der Waals surface area (Å²) in [4.78, 5) is 49.3. The maximum atomic E-state index is 12.7. The van der Waals surface area contributed by atoms with Crippen LogP contribution in [-0.2, 0) is 25.6 Å². The molecule has 0 aromatic heterocycles. The number of rotatable bonds is 13. The third-order valence-corrected chi connectivity index (χ3v) is 5.30. The average molecular weight is 499 g/mol. The lowest BCUT2D eigenvalue weighted by Crippen LogP contribution is -2.60. The van der Waals surface area contributed by atoms with E-state index in [0.717, 1.165) is 0 Å². The summed E-state index contributed by atoms with van der Waals surface area (Å²) in [5.74, 6) is -3.51. The highest BCUT2D eigenvalue weighted by Crippen LogP contribution is 2.12. The molecule has 12 heteroatoms. The first kappa shape index (κ1) is 29.2. The van der Waals surface area contributed by atoms with Crippen LogP contribution in [0.2, 0.25) is 0 Å². The number of carboxylic acids is 1. The Hall–Kier alpha value is -2.83. The van der Waals surface area contributed by atoms with Gasteiger partial charge in [-0.2, -0.15) is 12.6 Å². The third-order valence-electron chi connectivity index (χ3n) is 4.93. The van der Waals surface area contributed by atoms with Gasteiger partial charge in [0, 0.05) is 12.2 Å². The Morgan fingerprint density at radius 1 is 0.941 bits per heavy atom. The van der Waals surface area contributed by atoms with E-state index in [4.69, 9.17) is 5.73 Å². The first-order valence-corrected chi connectivity index (χ1v) is 11.4. The lowest BCUT2D eigenvalue weighted by molar-refractivity contribution is -0.143. The van der Waals surface area contributed by atoms with Gasteiger partial charge in [0.1, 0.15) is 23.9 Å². The molecule has 0 fully saturated rings. The molecule has 0 spiro atoms. The van der Waals surface area contributed by atoms with E-state index >= 15 is 0 Å². The second kappa shape index (κ2) is 13.8. The molecular weight excluding hydrogens is 464 g/mol.